The van der Waals surface area contributed by atoms with Crippen LogP contribution in [0.4, 0.5) is 17.6 Å². The number of nitrogens with one attached hydrogen (secondary N) is 1. The second-order valence-corrected chi connectivity index (χ2v) is 8.19. The molecule has 1 aromatic heterocycles. The fourth-order valence-electron chi connectivity index (χ4n) is 3.04. The Balaban J connectivity index is 2.21. The first-order valence-electron chi connectivity index (χ1n) is 8.21. The molecule has 0 bridgehead atoms. The highest BCUT2D eigenvalue weighted by Gasteiger charge is 2.38. The number of nitrogens with zero attached hydrogens (tertiary/aromatic N) is 2. The van der Waals surface area contributed by atoms with Gasteiger partial charge in [-0.1, -0.05) is 25.9 Å². The standard InChI is InChI=1S/C18H21F4N3O2/c1-16(2,3)9-17(4,5)24-14(26)10-6-7-11(12(19)8-10)13-23-15(27-25-13)18(20,21)22/h6-8H,9H2,1-5H3,(H,24,26). The Hall–Kier alpha value is -2.45. The molecule has 2 rings (SSSR count). The van der Waals surface area contributed by atoms with E-state index in [1.165, 1.54) is 6.07 Å². The summed E-state index contributed by atoms with van der Waals surface area (Å²) >= 11 is 0. The van der Waals surface area contributed by atoms with Crippen molar-refractivity contribution in [3.63, 3.8) is 0 Å². The van der Waals surface area contributed by atoms with Gasteiger partial charge in [0.15, 0.2) is 0 Å². The summed E-state index contributed by atoms with van der Waals surface area (Å²) in [4.78, 5) is 15.5. The molecule has 0 saturated heterocycles. The summed E-state index contributed by atoms with van der Waals surface area (Å²) in [5, 5.41) is 5.98. The zero-order valence-corrected chi connectivity index (χ0v) is 15.7. The molecule has 0 fully saturated rings. The fraction of sp³-hybridized carbons (Fsp3) is 0.500. The lowest BCUT2D eigenvalue weighted by atomic mass is 9.81. The summed E-state index contributed by atoms with van der Waals surface area (Å²) in [7, 11) is 0. The minimum Gasteiger partial charge on any atom is -0.347 e. The average Bonchev–Trinajstić information content (AvgIpc) is 2.93. The molecule has 0 spiro atoms. The van der Waals surface area contributed by atoms with Crippen molar-refractivity contribution in [3.05, 3.63) is 35.5 Å². The van der Waals surface area contributed by atoms with E-state index in [0.717, 1.165) is 12.1 Å². The van der Waals surface area contributed by atoms with Crippen molar-refractivity contribution in [3.8, 4) is 11.4 Å². The predicted molar refractivity (Wildman–Crippen MR) is 90.3 cm³/mol. The molecular formula is C18H21F4N3O2. The number of benzene rings is 1. The van der Waals surface area contributed by atoms with Gasteiger partial charge in [-0.2, -0.15) is 18.2 Å². The highest BCUT2D eigenvalue weighted by molar-refractivity contribution is 5.95. The highest BCUT2D eigenvalue weighted by atomic mass is 19.4. The van der Waals surface area contributed by atoms with Crippen LogP contribution in [0.5, 0.6) is 0 Å². The lowest BCUT2D eigenvalue weighted by Gasteiger charge is -2.33. The lowest BCUT2D eigenvalue weighted by Crippen LogP contribution is -2.45. The number of amides is 1. The molecule has 1 heterocycles. The predicted octanol–water partition coefficient (Wildman–Crippen LogP) is 4.84. The van der Waals surface area contributed by atoms with E-state index in [-0.39, 0.29) is 16.5 Å². The number of carbonyl (C=O) groups excluding carboxylic acids is 1. The molecule has 0 atom stereocenters. The van der Waals surface area contributed by atoms with Gasteiger partial charge in [0.1, 0.15) is 5.82 Å². The van der Waals surface area contributed by atoms with Crippen LogP contribution in [0.15, 0.2) is 22.7 Å². The van der Waals surface area contributed by atoms with Crippen molar-refractivity contribution in [1.29, 1.82) is 0 Å². The number of hydrogen-bond donors (Lipinski definition) is 1. The van der Waals surface area contributed by atoms with E-state index in [0.29, 0.717) is 6.42 Å². The number of rotatable bonds is 4. The Bertz CT molecular complexity index is 836. The molecule has 0 aliphatic rings. The number of halogens is 4. The van der Waals surface area contributed by atoms with Crippen LogP contribution < -0.4 is 5.32 Å². The summed E-state index contributed by atoms with van der Waals surface area (Å²) in [5.41, 5.74) is -0.807. The highest BCUT2D eigenvalue weighted by Crippen LogP contribution is 2.30. The van der Waals surface area contributed by atoms with Crippen molar-refractivity contribution in [1.82, 2.24) is 15.5 Å². The van der Waals surface area contributed by atoms with E-state index >= 15 is 0 Å². The molecule has 0 unspecified atom stereocenters. The summed E-state index contributed by atoms with van der Waals surface area (Å²) in [6.07, 6.45) is -4.13. The molecule has 9 heteroatoms. The van der Waals surface area contributed by atoms with Gasteiger partial charge in [-0.3, -0.25) is 4.79 Å². The van der Waals surface area contributed by atoms with E-state index in [4.69, 9.17) is 0 Å². The zero-order valence-electron chi connectivity index (χ0n) is 15.7. The Morgan fingerprint density at radius 3 is 2.26 bits per heavy atom. The summed E-state index contributed by atoms with van der Waals surface area (Å²) < 4.78 is 56.0. The number of alkyl halides is 3. The van der Waals surface area contributed by atoms with Gasteiger partial charge in [0, 0.05) is 11.1 Å². The topological polar surface area (TPSA) is 68.0 Å². The third kappa shape index (κ3) is 5.51. The van der Waals surface area contributed by atoms with Crippen LogP contribution in [0.2, 0.25) is 0 Å². The molecular weight excluding hydrogens is 366 g/mol. The van der Waals surface area contributed by atoms with Crippen LogP contribution in [0.1, 0.15) is 57.3 Å². The first-order chi connectivity index (χ1) is 12.2. The first-order valence-corrected chi connectivity index (χ1v) is 8.21. The van der Waals surface area contributed by atoms with Crippen LogP contribution in [0.25, 0.3) is 11.4 Å². The molecule has 148 valence electrons. The largest absolute Gasteiger partial charge is 0.471 e. The Morgan fingerprint density at radius 2 is 1.78 bits per heavy atom. The first kappa shape index (κ1) is 20.9. The van der Waals surface area contributed by atoms with E-state index in [1.54, 1.807) is 0 Å². The molecule has 1 aromatic carbocycles. The molecule has 27 heavy (non-hydrogen) atoms. The van der Waals surface area contributed by atoms with Gasteiger partial charge in [0.2, 0.25) is 5.82 Å². The second-order valence-electron chi connectivity index (χ2n) is 8.19. The Morgan fingerprint density at radius 1 is 1.15 bits per heavy atom. The molecule has 1 N–H and O–H groups in total. The van der Waals surface area contributed by atoms with E-state index in [2.05, 4.69) is 20.0 Å². The summed E-state index contributed by atoms with van der Waals surface area (Å²) in [6, 6.07) is 3.37. The van der Waals surface area contributed by atoms with Gasteiger partial charge in [-0.25, -0.2) is 4.39 Å². The molecule has 1 amide bonds. The maximum atomic E-state index is 14.3. The number of hydrogen-bond acceptors (Lipinski definition) is 4. The van der Waals surface area contributed by atoms with Crippen molar-refractivity contribution in [2.75, 3.05) is 0 Å². The quantitative estimate of drug-likeness (QED) is 0.763. The monoisotopic (exact) mass is 387 g/mol. The second kappa shape index (κ2) is 6.94. The van der Waals surface area contributed by atoms with Gasteiger partial charge in [-0.15, -0.1) is 0 Å². The van der Waals surface area contributed by atoms with Crippen molar-refractivity contribution >= 4 is 5.91 Å². The van der Waals surface area contributed by atoms with Gasteiger partial charge >= 0.3 is 12.1 Å². The number of aromatic nitrogens is 2. The Kier molecular flexibility index (Phi) is 5.36. The van der Waals surface area contributed by atoms with Crippen molar-refractivity contribution in [2.24, 2.45) is 5.41 Å². The SMILES string of the molecule is CC(C)(C)CC(C)(C)NC(=O)c1ccc(-c2noc(C(F)(F)F)n2)c(F)c1. The van der Waals surface area contributed by atoms with E-state index in [9.17, 15) is 22.4 Å². The average molecular weight is 387 g/mol. The van der Waals surface area contributed by atoms with Gasteiger partial charge in [0.05, 0.1) is 5.56 Å². The van der Waals surface area contributed by atoms with Crippen LogP contribution in [-0.2, 0) is 6.18 Å². The molecule has 0 aliphatic heterocycles. The summed E-state index contributed by atoms with van der Waals surface area (Å²) in [6.45, 7) is 9.83. The molecule has 2 aromatic rings. The fourth-order valence-corrected chi connectivity index (χ4v) is 3.04. The molecule has 0 radical (unpaired) electrons. The smallest absolute Gasteiger partial charge is 0.347 e. The minimum atomic E-state index is -4.82. The van der Waals surface area contributed by atoms with Crippen LogP contribution in [0.3, 0.4) is 0 Å². The van der Waals surface area contributed by atoms with Crippen LogP contribution in [0, 0.1) is 11.2 Å². The van der Waals surface area contributed by atoms with Gasteiger partial charge < -0.3 is 9.84 Å². The molecule has 0 aliphatic carbocycles. The van der Waals surface area contributed by atoms with Crippen molar-refractivity contribution < 1.29 is 26.9 Å². The zero-order chi connectivity index (χ0) is 20.6. The normalized spacial score (nSPS) is 12.9. The molecule has 0 saturated carbocycles. The van der Waals surface area contributed by atoms with Crippen LogP contribution in [-0.4, -0.2) is 21.6 Å². The Labute approximate surface area is 154 Å². The lowest BCUT2D eigenvalue weighted by molar-refractivity contribution is -0.159. The van der Waals surface area contributed by atoms with Crippen LogP contribution >= 0.6 is 0 Å². The van der Waals surface area contributed by atoms with E-state index in [1.807, 2.05) is 34.6 Å². The van der Waals surface area contributed by atoms with Gasteiger partial charge in [-0.05, 0) is 43.9 Å². The molecule has 5 nitrogen and oxygen atoms in total. The minimum absolute atomic E-state index is 0.0271. The van der Waals surface area contributed by atoms with Crippen molar-refractivity contribution in [2.45, 2.75) is 52.8 Å². The summed E-state index contributed by atoms with van der Waals surface area (Å²) in [5.74, 6) is -3.52. The maximum Gasteiger partial charge on any atom is 0.471 e. The van der Waals surface area contributed by atoms with E-state index < -0.39 is 35.2 Å². The maximum absolute atomic E-state index is 14.3. The third-order valence-electron chi connectivity index (χ3n) is 3.56. The van der Waals surface area contributed by atoms with Gasteiger partial charge in [0.25, 0.3) is 5.91 Å². The number of carbonyl (C=O) groups is 1. The third-order valence-corrected chi connectivity index (χ3v) is 3.56.